The van der Waals surface area contributed by atoms with E-state index in [9.17, 15) is 17.9 Å². The number of hydrogen-bond donors (Lipinski definition) is 2. The van der Waals surface area contributed by atoms with E-state index in [0.717, 1.165) is 12.1 Å². The van der Waals surface area contributed by atoms with Gasteiger partial charge in [-0.3, -0.25) is 0 Å². The van der Waals surface area contributed by atoms with Crippen molar-refractivity contribution in [1.82, 2.24) is 4.72 Å². The predicted molar refractivity (Wildman–Crippen MR) is 81.3 cm³/mol. The Labute approximate surface area is 130 Å². The van der Waals surface area contributed by atoms with E-state index in [4.69, 9.17) is 11.6 Å². The Morgan fingerprint density at radius 2 is 2.05 bits per heavy atom. The van der Waals surface area contributed by atoms with Crippen LogP contribution in [0.1, 0.15) is 40.0 Å². The molecule has 0 aliphatic rings. The van der Waals surface area contributed by atoms with E-state index in [-0.39, 0.29) is 16.0 Å². The van der Waals surface area contributed by atoms with Crippen LogP contribution in [0.4, 0.5) is 4.39 Å². The van der Waals surface area contributed by atoms with Crippen LogP contribution in [0.3, 0.4) is 0 Å². The van der Waals surface area contributed by atoms with Crippen molar-refractivity contribution in [2.24, 2.45) is 0 Å². The van der Waals surface area contributed by atoms with E-state index in [1.807, 2.05) is 0 Å². The maximum absolute atomic E-state index is 13.1. The molecule has 0 saturated heterocycles. The first kappa shape index (κ1) is 18.4. The summed E-state index contributed by atoms with van der Waals surface area (Å²) >= 11 is 5.60. The molecule has 21 heavy (non-hydrogen) atoms. The highest BCUT2D eigenvalue weighted by atomic mass is 35.5. The average molecular weight is 338 g/mol. The zero-order valence-corrected chi connectivity index (χ0v) is 13.9. The molecule has 1 rings (SSSR count). The number of aliphatic hydroxyl groups is 1. The van der Waals surface area contributed by atoms with Crippen LogP contribution < -0.4 is 4.72 Å². The van der Waals surface area contributed by atoms with Gasteiger partial charge >= 0.3 is 0 Å². The fourth-order valence-corrected chi connectivity index (χ4v) is 3.43. The van der Waals surface area contributed by atoms with Gasteiger partial charge in [-0.1, -0.05) is 11.6 Å². The Kier molecular flexibility index (Phi) is 6.16. The summed E-state index contributed by atoms with van der Waals surface area (Å²) < 4.78 is 39.8. The summed E-state index contributed by atoms with van der Waals surface area (Å²) in [6.07, 6.45) is 1.87. The third-order valence-corrected chi connectivity index (χ3v) is 4.86. The van der Waals surface area contributed by atoms with Crippen LogP contribution in [-0.4, -0.2) is 25.2 Å². The molecule has 2 N–H and O–H groups in total. The Hall–Kier alpha value is -0.690. The largest absolute Gasteiger partial charge is 0.390 e. The minimum Gasteiger partial charge on any atom is -0.390 e. The van der Waals surface area contributed by atoms with E-state index < -0.39 is 21.4 Å². The van der Waals surface area contributed by atoms with Crippen molar-refractivity contribution in [3.05, 3.63) is 29.0 Å². The molecule has 120 valence electrons. The van der Waals surface area contributed by atoms with Gasteiger partial charge in [0.2, 0.25) is 10.0 Å². The zero-order chi connectivity index (χ0) is 16.3. The summed E-state index contributed by atoms with van der Waals surface area (Å²) in [7, 11) is -3.73. The molecule has 1 atom stereocenters. The minimum absolute atomic E-state index is 0.0664. The number of benzene rings is 1. The molecule has 7 heteroatoms. The van der Waals surface area contributed by atoms with Crippen LogP contribution in [0.5, 0.6) is 0 Å². The number of nitrogens with one attached hydrogen (secondary N) is 1. The number of hydrogen-bond acceptors (Lipinski definition) is 3. The minimum atomic E-state index is -3.73. The highest BCUT2D eigenvalue weighted by Crippen LogP contribution is 2.20. The van der Waals surface area contributed by atoms with Gasteiger partial charge in [0.1, 0.15) is 5.82 Å². The van der Waals surface area contributed by atoms with Crippen LogP contribution in [-0.2, 0) is 10.0 Å². The first-order valence-corrected chi connectivity index (χ1v) is 8.57. The highest BCUT2D eigenvalue weighted by Gasteiger charge is 2.19. The summed E-state index contributed by atoms with van der Waals surface area (Å²) in [5.74, 6) is -0.658. The quantitative estimate of drug-likeness (QED) is 0.803. The monoisotopic (exact) mass is 337 g/mol. The standard InChI is InChI=1S/C14H21ClFNO3S/c1-10(5-4-8-14(2,3)18)17-21(19,20)11-6-7-13(16)12(15)9-11/h6-7,9-10,17-18H,4-5,8H2,1-3H3. The lowest BCUT2D eigenvalue weighted by Crippen LogP contribution is -2.33. The Morgan fingerprint density at radius 3 is 2.57 bits per heavy atom. The lowest BCUT2D eigenvalue weighted by molar-refractivity contribution is 0.0677. The lowest BCUT2D eigenvalue weighted by Gasteiger charge is -2.19. The molecular weight excluding hydrogens is 317 g/mol. The summed E-state index contributed by atoms with van der Waals surface area (Å²) in [6, 6.07) is 2.99. The number of rotatable bonds is 7. The molecule has 0 aliphatic carbocycles. The molecule has 1 aromatic rings. The third-order valence-electron chi connectivity index (χ3n) is 2.98. The molecule has 0 fully saturated rings. The Bertz CT molecular complexity index is 584. The van der Waals surface area contributed by atoms with Gasteiger partial charge < -0.3 is 5.11 Å². The van der Waals surface area contributed by atoms with Gasteiger partial charge in [0.25, 0.3) is 0 Å². The van der Waals surface area contributed by atoms with Gasteiger partial charge in [-0.05, 0) is 58.2 Å². The van der Waals surface area contributed by atoms with Crippen molar-refractivity contribution in [3.63, 3.8) is 0 Å². The first-order valence-electron chi connectivity index (χ1n) is 6.71. The molecule has 4 nitrogen and oxygen atoms in total. The third kappa shape index (κ3) is 6.30. The van der Waals surface area contributed by atoms with E-state index >= 15 is 0 Å². The summed E-state index contributed by atoms with van der Waals surface area (Å²) in [5.41, 5.74) is -0.761. The predicted octanol–water partition coefficient (Wildman–Crippen LogP) is 3.09. The molecule has 0 radical (unpaired) electrons. The van der Waals surface area contributed by atoms with Gasteiger partial charge in [0.05, 0.1) is 15.5 Å². The van der Waals surface area contributed by atoms with Crippen LogP contribution >= 0.6 is 11.6 Å². The first-order chi connectivity index (χ1) is 9.51. The second-order valence-electron chi connectivity index (χ2n) is 5.80. The molecule has 1 aromatic carbocycles. The van der Waals surface area contributed by atoms with E-state index in [0.29, 0.717) is 19.3 Å². The van der Waals surface area contributed by atoms with E-state index in [2.05, 4.69) is 4.72 Å². The summed E-state index contributed by atoms with van der Waals surface area (Å²) in [4.78, 5) is -0.0664. The van der Waals surface area contributed by atoms with Crippen molar-refractivity contribution in [1.29, 1.82) is 0 Å². The highest BCUT2D eigenvalue weighted by molar-refractivity contribution is 7.89. The number of halogens is 2. The average Bonchev–Trinajstić information content (AvgIpc) is 2.30. The maximum atomic E-state index is 13.1. The van der Waals surface area contributed by atoms with Crippen LogP contribution in [0, 0.1) is 5.82 Å². The molecule has 0 amide bonds. The fourth-order valence-electron chi connectivity index (χ4n) is 1.88. The lowest BCUT2D eigenvalue weighted by atomic mass is 10.00. The maximum Gasteiger partial charge on any atom is 0.240 e. The summed E-state index contributed by atoms with van der Waals surface area (Å²) in [5, 5.41) is 9.38. The van der Waals surface area contributed by atoms with Crippen molar-refractivity contribution in [3.8, 4) is 0 Å². The van der Waals surface area contributed by atoms with Gasteiger partial charge in [-0.2, -0.15) is 0 Å². The van der Waals surface area contributed by atoms with Crippen LogP contribution in [0.2, 0.25) is 5.02 Å². The van der Waals surface area contributed by atoms with Crippen LogP contribution in [0.15, 0.2) is 23.1 Å². The second kappa shape index (κ2) is 7.05. The fraction of sp³-hybridized carbons (Fsp3) is 0.571. The SMILES string of the molecule is CC(CCCC(C)(C)O)NS(=O)(=O)c1ccc(F)c(Cl)c1. The second-order valence-corrected chi connectivity index (χ2v) is 7.92. The molecule has 0 saturated carbocycles. The van der Waals surface area contributed by atoms with Gasteiger partial charge in [-0.15, -0.1) is 0 Å². The smallest absolute Gasteiger partial charge is 0.240 e. The Balaban J connectivity index is 2.65. The molecule has 0 aliphatic heterocycles. The molecular formula is C14H21ClFNO3S. The topological polar surface area (TPSA) is 66.4 Å². The van der Waals surface area contributed by atoms with E-state index in [1.165, 1.54) is 6.07 Å². The van der Waals surface area contributed by atoms with Gasteiger partial charge in [-0.25, -0.2) is 17.5 Å². The van der Waals surface area contributed by atoms with Crippen molar-refractivity contribution >= 4 is 21.6 Å². The van der Waals surface area contributed by atoms with Crippen molar-refractivity contribution in [2.45, 2.75) is 56.6 Å². The molecule has 0 spiro atoms. The molecule has 1 unspecified atom stereocenters. The van der Waals surface area contributed by atoms with E-state index in [1.54, 1.807) is 20.8 Å². The normalized spacial score (nSPS) is 14.2. The molecule has 0 aromatic heterocycles. The van der Waals surface area contributed by atoms with Crippen molar-refractivity contribution < 1.29 is 17.9 Å². The molecule has 0 bridgehead atoms. The Morgan fingerprint density at radius 1 is 1.43 bits per heavy atom. The van der Waals surface area contributed by atoms with Gasteiger partial charge in [0, 0.05) is 6.04 Å². The molecule has 0 heterocycles. The van der Waals surface area contributed by atoms with Crippen molar-refractivity contribution in [2.75, 3.05) is 0 Å². The summed E-state index contributed by atoms with van der Waals surface area (Å²) in [6.45, 7) is 5.16. The van der Waals surface area contributed by atoms with Gasteiger partial charge in [0.15, 0.2) is 0 Å². The zero-order valence-electron chi connectivity index (χ0n) is 12.4. The van der Waals surface area contributed by atoms with Crippen LogP contribution in [0.25, 0.3) is 0 Å². The number of sulfonamides is 1.